The van der Waals surface area contributed by atoms with E-state index in [1.165, 1.54) is 0 Å². The first-order valence-electron chi connectivity index (χ1n) is 7.63. The second-order valence-electron chi connectivity index (χ2n) is 5.15. The van der Waals surface area contributed by atoms with Crippen molar-refractivity contribution in [1.82, 2.24) is 14.9 Å². The zero-order valence-electron chi connectivity index (χ0n) is 14.0. The fourth-order valence-electron chi connectivity index (χ4n) is 2.04. The maximum atomic E-state index is 5.42. The van der Waals surface area contributed by atoms with Crippen LogP contribution in [0.1, 0.15) is 26.1 Å². The standard InChI is InChI=1S/C15H29N5O/c1-6-20(10-8-9-19(4)5)15-11-13(16-3)17-14(18-15)12-21-7-2/h11H,6-10,12H2,1-5H3,(H,16,17,18). The Morgan fingerprint density at radius 2 is 1.95 bits per heavy atom. The molecule has 0 saturated heterocycles. The Hall–Kier alpha value is -1.40. The molecule has 0 saturated carbocycles. The molecule has 1 N–H and O–H groups in total. The Balaban J connectivity index is 2.80. The van der Waals surface area contributed by atoms with Crippen LogP contribution in [0.25, 0.3) is 0 Å². The molecular formula is C15H29N5O. The van der Waals surface area contributed by atoms with Crippen LogP contribution < -0.4 is 10.2 Å². The summed E-state index contributed by atoms with van der Waals surface area (Å²) >= 11 is 0. The van der Waals surface area contributed by atoms with Crippen molar-refractivity contribution in [2.24, 2.45) is 0 Å². The minimum Gasteiger partial charge on any atom is -0.374 e. The van der Waals surface area contributed by atoms with Gasteiger partial charge in [0, 0.05) is 32.8 Å². The van der Waals surface area contributed by atoms with Crippen LogP contribution >= 0.6 is 0 Å². The molecule has 0 aliphatic rings. The Labute approximate surface area is 128 Å². The molecule has 6 nitrogen and oxygen atoms in total. The molecule has 1 heterocycles. The van der Waals surface area contributed by atoms with Gasteiger partial charge in [-0.25, -0.2) is 9.97 Å². The van der Waals surface area contributed by atoms with E-state index in [9.17, 15) is 0 Å². The van der Waals surface area contributed by atoms with Crippen molar-refractivity contribution in [3.8, 4) is 0 Å². The molecule has 0 radical (unpaired) electrons. The van der Waals surface area contributed by atoms with E-state index in [0.29, 0.717) is 13.2 Å². The number of nitrogens with zero attached hydrogens (tertiary/aromatic N) is 4. The topological polar surface area (TPSA) is 53.5 Å². The van der Waals surface area contributed by atoms with Gasteiger partial charge in [0.05, 0.1) is 0 Å². The highest BCUT2D eigenvalue weighted by molar-refractivity contribution is 5.49. The smallest absolute Gasteiger partial charge is 0.158 e. The first-order chi connectivity index (χ1) is 10.1. The normalized spacial score (nSPS) is 11.0. The molecule has 21 heavy (non-hydrogen) atoms. The molecule has 0 unspecified atom stereocenters. The summed E-state index contributed by atoms with van der Waals surface area (Å²) < 4.78 is 5.42. The van der Waals surface area contributed by atoms with Crippen molar-refractivity contribution in [2.45, 2.75) is 26.9 Å². The summed E-state index contributed by atoms with van der Waals surface area (Å²) in [5.41, 5.74) is 0. The van der Waals surface area contributed by atoms with Crippen LogP contribution in [-0.2, 0) is 11.3 Å². The van der Waals surface area contributed by atoms with Crippen LogP contribution in [0.15, 0.2) is 6.07 Å². The van der Waals surface area contributed by atoms with Gasteiger partial charge in [0.1, 0.15) is 18.2 Å². The zero-order valence-corrected chi connectivity index (χ0v) is 14.0. The summed E-state index contributed by atoms with van der Waals surface area (Å²) in [5, 5.41) is 3.10. The lowest BCUT2D eigenvalue weighted by Crippen LogP contribution is -2.28. The lowest BCUT2D eigenvalue weighted by Gasteiger charge is -2.23. The Bertz CT molecular complexity index is 411. The van der Waals surface area contributed by atoms with Crippen molar-refractivity contribution in [3.63, 3.8) is 0 Å². The van der Waals surface area contributed by atoms with Gasteiger partial charge in [-0.1, -0.05) is 0 Å². The maximum Gasteiger partial charge on any atom is 0.158 e. The van der Waals surface area contributed by atoms with E-state index in [1.54, 1.807) is 0 Å². The first-order valence-corrected chi connectivity index (χ1v) is 7.63. The Kier molecular flexibility index (Phi) is 8.00. The largest absolute Gasteiger partial charge is 0.374 e. The molecule has 1 aromatic rings. The summed E-state index contributed by atoms with van der Waals surface area (Å²) in [4.78, 5) is 13.5. The summed E-state index contributed by atoms with van der Waals surface area (Å²) in [7, 11) is 6.07. The average molecular weight is 295 g/mol. The Morgan fingerprint density at radius 1 is 1.19 bits per heavy atom. The average Bonchev–Trinajstić information content (AvgIpc) is 2.48. The molecule has 0 atom stereocenters. The van der Waals surface area contributed by atoms with E-state index < -0.39 is 0 Å². The number of nitrogens with one attached hydrogen (secondary N) is 1. The maximum absolute atomic E-state index is 5.42. The van der Waals surface area contributed by atoms with Gasteiger partial charge in [0.2, 0.25) is 0 Å². The van der Waals surface area contributed by atoms with E-state index in [-0.39, 0.29) is 0 Å². The quantitative estimate of drug-likeness (QED) is 0.711. The van der Waals surface area contributed by atoms with Gasteiger partial charge in [-0.15, -0.1) is 0 Å². The molecule has 0 aliphatic carbocycles. The number of hydrogen-bond donors (Lipinski definition) is 1. The van der Waals surface area contributed by atoms with Gasteiger partial charge in [-0.05, 0) is 40.9 Å². The number of rotatable bonds is 10. The third-order valence-electron chi connectivity index (χ3n) is 3.19. The van der Waals surface area contributed by atoms with Gasteiger partial charge in [0.15, 0.2) is 5.82 Å². The van der Waals surface area contributed by atoms with Crippen LogP contribution in [0.5, 0.6) is 0 Å². The van der Waals surface area contributed by atoms with Gasteiger partial charge in [-0.2, -0.15) is 0 Å². The van der Waals surface area contributed by atoms with Crippen LogP contribution in [0.4, 0.5) is 11.6 Å². The summed E-state index contributed by atoms with van der Waals surface area (Å²) in [6.07, 6.45) is 1.11. The molecule has 0 aromatic carbocycles. The fraction of sp³-hybridized carbons (Fsp3) is 0.733. The fourth-order valence-corrected chi connectivity index (χ4v) is 2.04. The van der Waals surface area contributed by atoms with Crippen molar-refractivity contribution in [2.75, 3.05) is 57.6 Å². The molecule has 0 spiro atoms. The van der Waals surface area contributed by atoms with Gasteiger partial charge < -0.3 is 19.9 Å². The molecule has 0 fully saturated rings. The van der Waals surface area contributed by atoms with Crippen molar-refractivity contribution >= 4 is 11.6 Å². The van der Waals surface area contributed by atoms with Crippen molar-refractivity contribution in [1.29, 1.82) is 0 Å². The highest BCUT2D eigenvalue weighted by atomic mass is 16.5. The van der Waals surface area contributed by atoms with Crippen molar-refractivity contribution < 1.29 is 4.74 Å². The highest BCUT2D eigenvalue weighted by Gasteiger charge is 2.10. The number of hydrogen-bond acceptors (Lipinski definition) is 6. The van der Waals surface area contributed by atoms with Crippen LogP contribution in [0, 0.1) is 0 Å². The van der Waals surface area contributed by atoms with Gasteiger partial charge >= 0.3 is 0 Å². The minimum absolute atomic E-state index is 0.453. The van der Waals surface area contributed by atoms with Gasteiger partial charge in [-0.3, -0.25) is 0 Å². The van der Waals surface area contributed by atoms with E-state index in [0.717, 1.165) is 43.5 Å². The summed E-state index contributed by atoms with van der Waals surface area (Å²) in [6, 6.07) is 1.99. The summed E-state index contributed by atoms with van der Waals surface area (Å²) in [6.45, 7) is 8.25. The molecule has 6 heteroatoms. The molecule has 0 aliphatic heterocycles. The lowest BCUT2D eigenvalue weighted by molar-refractivity contribution is 0.128. The molecule has 0 bridgehead atoms. The second-order valence-corrected chi connectivity index (χ2v) is 5.15. The van der Waals surface area contributed by atoms with E-state index in [2.05, 4.69) is 46.1 Å². The van der Waals surface area contributed by atoms with E-state index in [1.807, 2.05) is 20.0 Å². The van der Waals surface area contributed by atoms with Crippen molar-refractivity contribution in [3.05, 3.63) is 11.9 Å². The number of aromatic nitrogens is 2. The van der Waals surface area contributed by atoms with E-state index in [4.69, 9.17) is 4.74 Å². The third kappa shape index (κ3) is 6.27. The van der Waals surface area contributed by atoms with E-state index >= 15 is 0 Å². The minimum atomic E-state index is 0.453. The van der Waals surface area contributed by atoms with Crippen LogP contribution in [0.3, 0.4) is 0 Å². The predicted octanol–water partition coefficient (Wildman–Crippen LogP) is 1.83. The number of anilines is 2. The predicted molar refractivity (Wildman–Crippen MR) is 88.0 cm³/mol. The Morgan fingerprint density at radius 3 is 2.52 bits per heavy atom. The second kappa shape index (κ2) is 9.52. The lowest BCUT2D eigenvalue weighted by atomic mass is 10.3. The molecule has 1 aromatic heterocycles. The molecule has 0 amide bonds. The molecule has 120 valence electrons. The number of ether oxygens (including phenoxy) is 1. The zero-order chi connectivity index (χ0) is 15.7. The van der Waals surface area contributed by atoms with Crippen LogP contribution in [-0.4, -0.2) is 62.3 Å². The SMILES string of the molecule is CCOCc1nc(NC)cc(N(CC)CCCN(C)C)n1. The molecule has 1 rings (SSSR count). The van der Waals surface area contributed by atoms with Crippen LogP contribution in [0.2, 0.25) is 0 Å². The summed E-state index contributed by atoms with van der Waals surface area (Å²) in [5.74, 6) is 2.52. The molecular weight excluding hydrogens is 266 g/mol. The highest BCUT2D eigenvalue weighted by Crippen LogP contribution is 2.16. The first kappa shape index (κ1) is 17.7. The third-order valence-corrected chi connectivity index (χ3v) is 3.19. The van der Waals surface area contributed by atoms with Gasteiger partial charge in [0.25, 0.3) is 0 Å². The monoisotopic (exact) mass is 295 g/mol.